The Morgan fingerprint density at radius 1 is 1.60 bits per heavy atom. The first-order valence-electron chi connectivity index (χ1n) is 3.87. The van der Waals surface area contributed by atoms with Gasteiger partial charge in [0.2, 0.25) is 0 Å². The Balaban J connectivity index is 2.43. The van der Waals surface area contributed by atoms with Crippen molar-refractivity contribution in [2.45, 2.75) is 26.2 Å². The molecule has 10 heavy (non-hydrogen) atoms. The van der Waals surface area contributed by atoms with Crippen LogP contribution in [-0.2, 0) is 4.79 Å². The topological polar surface area (TPSA) is 37.3 Å². The molecule has 1 aliphatic carbocycles. The summed E-state index contributed by atoms with van der Waals surface area (Å²) in [6.45, 7) is 2.14. The van der Waals surface area contributed by atoms with E-state index in [-0.39, 0.29) is 18.3 Å². The summed E-state index contributed by atoms with van der Waals surface area (Å²) in [5, 5.41) is 8.73. The van der Waals surface area contributed by atoms with E-state index in [9.17, 15) is 4.79 Å². The Labute approximate surface area is 61.2 Å². The van der Waals surface area contributed by atoms with Crippen molar-refractivity contribution in [3.05, 3.63) is 0 Å². The molecule has 1 aliphatic rings. The number of carbonyl (C=O) groups excluding carboxylic acids is 1. The second-order valence-electron chi connectivity index (χ2n) is 3.23. The lowest BCUT2D eigenvalue weighted by Gasteiger charge is -2.22. The zero-order chi connectivity index (χ0) is 7.56. The van der Waals surface area contributed by atoms with Crippen molar-refractivity contribution >= 4 is 5.78 Å². The van der Waals surface area contributed by atoms with E-state index in [2.05, 4.69) is 6.92 Å². The molecule has 0 aliphatic heterocycles. The van der Waals surface area contributed by atoms with Gasteiger partial charge in [-0.25, -0.2) is 0 Å². The number of Topliss-reactive ketones (excluding diaryl/α,β-unsaturated/α-hetero) is 1. The summed E-state index contributed by atoms with van der Waals surface area (Å²) < 4.78 is 0. The molecule has 0 aromatic carbocycles. The van der Waals surface area contributed by atoms with Gasteiger partial charge in [0.15, 0.2) is 0 Å². The van der Waals surface area contributed by atoms with Crippen LogP contribution in [0.5, 0.6) is 0 Å². The van der Waals surface area contributed by atoms with E-state index in [1.165, 1.54) is 0 Å². The minimum atomic E-state index is -0.0452. The first kappa shape index (κ1) is 7.73. The third-order valence-electron chi connectivity index (χ3n) is 2.23. The zero-order valence-electron chi connectivity index (χ0n) is 6.34. The Morgan fingerprint density at radius 3 is 2.80 bits per heavy atom. The van der Waals surface area contributed by atoms with Gasteiger partial charge in [0.1, 0.15) is 5.78 Å². The summed E-state index contributed by atoms with van der Waals surface area (Å²) in [6, 6.07) is 0. The Kier molecular flexibility index (Phi) is 2.44. The third-order valence-corrected chi connectivity index (χ3v) is 2.23. The molecular weight excluding hydrogens is 128 g/mol. The molecule has 0 saturated heterocycles. The van der Waals surface area contributed by atoms with Gasteiger partial charge in [0.05, 0.1) is 6.61 Å². The van der Waals surface area contributed by atoms with Crippen LogP contribution in [0.25, 0.3) is 0 Å². The summed E-state index contributed by atoms with van der Waals surface area (Å²) in [5.41, 5.74) is 0. The molecule has 0 spiro atoms. The number of hydrogen-bond donors (Lipinski definition) is 1. The van der Waals surface area contributed by atoms with E-state index in [1.807, 2.05) is 0 Å². The second-order valence-corrected chi connectivity index (χ2v) is 3.23. The molecule has 0 radical (unpaired) electrons. The standard InChI is InChI=1S/C8H14O2/c1-6-2-3-7(5-9)8(10)4-6/h6-7,9H,2-5H2,1H3/t6-,7?/m1/s1. The largest absolute Gasteiger partial charge is 0.396 e. The van der Waals surface area contributed by atoms with Gasteiger partial charge in [-0.3, -0.25) is 4.79 Å². The quantitative estimate of drug-likeness (QED) is 0.592. The Bertz CT molecular complexity index is 131. The van der Waals surface area contributed by atoms with E-state index in [0.29, 0.717) is 12.3 Å². The van der Waals surface area contributed by atoms with E-state index in [1.54, 1.807) is 0 Å². The van der Waals surface area contributed by atoms with Crippen LogP contribution in [-0.4, -0.2) is 17.5 Å². The van der Waals surface area contributed by atoms with Crippen molar-refractivity contribution in [1.29, 1.82) is 0 Å². The first-order valence-corrected chi connectivity index (χ1v) is 3.87. The highest BCUT2D eigenvalue weighted by Gasteiger charge is 2.24. The van der Waals surface area contributed by atoms with Crippen molar-refractivity contribution in [3.8, 4) is 0 Å². The molecule has 1 rings (SSSR count). The molecule has 0 heterocycles. The average molecular weight is 142 g/mol. The van der Waals surface area contributed by atoms with Gasteiger partial charge in [0, 0.05) is 12.3 Å². The Morgan fingerprint density at radius 2 is 2.30 bits per heavy atom. The predicted molar refractivity (Wildman–Crippen MR) is 38.6 cm³/mol. The maximum absolute atomic E-state index is 11.1. The maximum atomic E-state index is 11.1. The van der Waals surface area contributed by atoms with E-state index >= 15 is 0 Å². The van der Waals surface area contributed by atoms with Crippen molar-refractivity contribution in [2.24, 2.45) is 11.8 Å². The van der Waals surface area contributed by atoms with Gasteiger partial charge in [0.25, 0.3) is 0 Å². The number of aliphatic hydroxyl groups is 1. The van der Waals surface area contributed by atoms with Crippen molar-refractivity contribution in [3.63, 3.8) is 0 Å². The fourth-order valence-electron chi connectivity index (χ4n) is 1.45. The van der Waals surface area contributed by atoms with Gasteiger partial charge in [-0.2, -0.15) is 0 Å². The molecule has 1 saturated carbocycles. The number of ketones is 1. The molecule has 2 heteroatoms. The molecular formula is C8H14O2. The summed E-state index contributed by atoms with van der Waals surface area (Å²) >= 11 is 0. The van der Waals surface area contributed by atoms with E-state index in [0.717, 1.165) is 12.8 Å². The van der Waals surface area contributed by atoms with Gasteiger partial charge < -0.3 is 5.11 Å². The molecule has 0 amide bonds. The van der Waals surface area contributed by atoms with Crippen LogP contribution in [0.2, 0.25) is 0 Å². The van der Waals surface area contributed by atoms with Crippen molar-refractivity contribution in [2.75, 3.05) is 6.61 Å². The number of aliphatic hydroxyl groups excluding tert-OH is 1. The molecule has 1 N–H and O–H groups in total. The van der Waals surface area contributed by atoms with Crippen LogP contribution in [0, 0.1) is 11.8 Å². The maximum Gasteiger partial charge on any atom is 0.138 e. The van der Waals surface area contributed by atoms with Crippen LogP contribution >= 0.6 is 0 Å². The zero-order valence-corrected chi connectivity index (χ0v) is 6.34. The smallest absolute Gasteiger partial charge is 0.138 e. The molecule has 1 unspecified atom stereocenters. The molecule has 0 aromatic heterocycles. The van der Waals surface area contributed by atoms with Crippen LogP contribution in [0.4, 0.5) is 0 Å². The highest BCUT2D eigenvalue weighted by Crippen LogP contribution is 2.24. The SMILES string of the molecule is C[C@@H]1CCC(CO)C(=O)C1. The summed E-state index contributed by atoms with van der Waals surface area (Å²) in [4.78, 5) is 11.1. The van der Waals surface area contributed by atoms with Gasteiger partial charge in [-0.15, -0.1) is 0 Å². The lowest BCUT2D eigenvalue weighted by Crippen LogP contribution is -2.26. The highest BCUT2D eigenvalue weighted by molar-refractivity contribution is 5.81. The number of hydrogen-bond acceptors (Lipinski definition) is 2. The van der Waals surface area contributed by atoms with Crippen molar-refractivity contribution in [1.82, 2.24) is 0 Å². The molecule has 58 valence electrons. The summed E-state index contributed by atoms with van der Waals surface area (Å²) in [7, 11) is 0. The summed E-state index contributed by atoms with van der Waals surface area (Å²) in [5.74, 6) is 0.743. The predicted octanol–water partition coefficient (Wildman–Crippen LogP) is 0.984. The van der Waals surface area contributed by atoms with Crippen LogP contribution in [0.15, 0.2) is 0 Å². The van der Waals surface area contributed by atoms with Crippen LogP contribution in [0.1, 0.15) is 26.2 Å². The molecule has 0 bridgehead atoms. The molecule has 0 aromatic rings. The van der Waals surface area contributed by atoms with Crippen LogP contribution < -0.4 is 0 Å². The van der Waals surface area contributed by atoms with Crippen LogP contribution in [0.3, 0.4) is 0 Å². The monoisotopic (exact) mass is 142 g/mol. The molecule has 1 fully saturated rings. The minimum Gasteiger partial charge on any atom is -0.396 e. The number of carbonyl (C=O) groups is 1. The minimum absolute atomic E-state index is 0.0452. The fraction of sp³-hybridized carbons (Fsp3) is 0.875. The average Bonchev–Trinajstić information content (AvgIpc) is 1.88. The van der Waals surface area contributed by atoms with Gasteiger partial charge >= 0.3 is 0 Å². The van der Waals surface area contributed by atoms with E-state index in [4.69, 9.17) is 5.11 Å². The molecule has 2 atom stereocenters. The summed E-state index contributed by atoms with van der Waals surface area (Å²) in [6.07, 6.45) is 2.65. The second kappa shape index (κ2) is 3.15. The van der Waals surface area contributed by atoms with E-state index < -0.39 is 0 Å². The fourth-order valence-corrected chi connectivity index (χ4v) is 1.45. The van der Waals surface area contributed by atoms with Gasteiger partial charge in [-0.1, -0.05) is 6.92 Å². The highest BCUT2D eigenvalue weighted by atomic mass is 16.3. The third kappa shape index (κ3) is 1.57. The van der Waals surface area contributed by atoms with Crippen molar-refractivity contribution < 1.29 is 9.90 Å². The normalized spacial score (nSPS) is 34.4. The molecule has 2 nitrogen and oxygen atoms in total. The van der Waals surface area contributed by atoms with Gasteiger partial charge in [-0.05, 0) is 18.8 Å². The number of rotatable bonds is 1. The lowest BCUT2D eigenvalue weighted by molar-refractivity contribution is -0.127. The lowest BCUT2D eigenvalue weighted by atomic mass is 9.82. The first-order chi connectivity index (χ1) is 4.74. The Hall–Kier alpha value is -0.370.